The highest BCUT2D eigenvalue weighted by atomic mass is 16.5. The van der Waals surface area contributed by atoms with Crippen LogP contribution >= 0.6 is 0 Å². The first-order valence-corrected chi connectivity index (χ1v) is 14.8. The average molecular weight is 538 g/mol. The molecule has 0 N–H and O–H groups in total. The van der Waals surface area contributed by atoms with Gasteiger partial charge >= 0.3 is 0 Å². The summed E-state index contributed by atoms with van der Waals surface area (Å²) in [6.07, 6.45) is 17.1. The molecule has 1 aliphatic heterocycles. The molecule has 0 radical (unpaired) electrons. The molecule has 0 spiro atoms. The molecule has 4 heteroatoms. The summed E-state index contributed by atoms with van der Waals surface area (Å²) < 4.78 is 7.74. The van der Waals surface area contributed by atoms with Crippen LogP contribution in [0.5, 0.6) is 5.88 Å². The number of aromatic nitrogens is 2. The van der Waals surface area contributed by atoms with Gasteiger partial charge in [0, 0.05) is 18.8 Å². The number of allylic oxidation sites excluding steroid dienone is 10. The van der Waals surface area contributed by atoms with Crippen LogP contribution in [0.4, 0.5) is 0 Å². The van der Waals surface area contributed by atoms with E-state index in [1.54, 1.807) is 11.1 Å². The van der Waals surface area contributed by atoms with Crippen molar-refractivity contribution in [1.82, 2.24) is 14.7 Å². The number of ether oxygens (including phenoxy) is 1. The van der Waals surface area contributed by atoms with Gasteiger partial charge in [0.2, 0.25) is 5.88 Å². The van der Waals surface area contributed by atoms with Crippen LogP contribution in [0.2, 0.25) is 0 Å². The Balaban J connectivity index is 1.48. The van der Waals surface area contributed by atoms with E-state index < -0.39 is 0 Å². The van der Waals surface area contributed by atoms with Gasteiger partial charge in [-0.1, -0.05) is 49.1 Å². The van der Waals surface area contributed by atoms with Crippen molar-refractivity contribution in [3.05, 3.63) is 106 Å². The topological polar surface area (TPSA) is 30.3 Å². The Hall–Kier alpha value is -3.37. The molecule has 0 fully saturated rings. The third-order valence-electron chi connectivity index (χ3n) is 8.45. The van der Waals surface area contributed by atoms with Crippen molar-refractivity contribution in [1.29, 1.82) is 0 Å². The normalized spacial score (nSPS) is 16.6. The Labute approximate surface area is 242 Å². The number of likely N-dealkylation sites (N-methyl/N-ethyl adjacent to an activating group) is 1. The van der Waals surface area contributed by atoms with E-state index in [4.69, 9.17) is 4.74 Å². The van der Waals surface area contributed by atoms with Gasteiger partial charge in [-0.25, -0.2) is 4.68 Å². The fourth-order valence-corrected chi connectivity index (χ4v) is 5.93. The van der Waals surface area contributed by atoms with Crippen molar-refractivity contribution >= 4 is 11.3 Å². The zero-order valence-corrected chi connectivity index (χ0v) is 25.6. The number of rotatable bonds is 10. The van der Waals surface area contributed by atoms with E-state index in [0.717, 1.165) is 79.9 Å². The number of benzene rings is 1. The molecule has 0 atom stereocenters. The van der Waals surface area contributed by atoms with E-state index in [9.17, 15) is 0 Å². The van der Waals surface area contributed by atoms with Gasteiger partial charge in [-0.3, -0.25) is 0 Å². The smallest absolute Gasteiger partial charge is 0.224 e. The second-order valence-corrected chi connectivity index (χ2v) is 11.4. The quantitative estimate of drug-likeness (QED) is 0.286. The van der Waals surface area contributed by atoms with Crippen LogP contribution in [-0.4, -0.2) is 41.4 Å². The molecule has 0 amide bonds. The summed E-state index contributed by atoms with van der Waals surface area (Å²) >= 11 is 0. The first-order valence-electron chi connectivity index (χ1n) is 14.8. The zero-order valence-electron chi connectivity index (χ0n) is 25.6. The van der Waals surface area contributed by atoms with Gasteiger partial charge in [-0.15, -0.1) is 0 Å². The summed E-state index contributed by atoms with van der Waals surface area (Å²) in [7, 11) is 2.24. The molecule has 2 heterocycles. The first kappa shape index (κ1) is 29.6. The van der Waals surface area contributed by atoms with Crippen LogP contribution in [0.1, 0.15) is 74.8 Å². The molecule has 1 aromatic carbocycles. The van der Waals surface area contributed by atoms with E-state index in [2.05, 4.69) is 80.5 Å². The van der Waals surface area contributed by atoms with Gasteiger partial charge in [0.1, 0.15) is 0 Å². The summed E-state index contributed by atoms with van der Waals surface area (Å²) in [4.78, 5) is 2.45. The van der Waals surface area contributed by atoms with Crippen molar-refractivity contribution < 1.29 is 4.74 Å². The van der Waals surface area contributed by atoms with Gasteiger partial charge in [0.05, 0.1) is 18.4 Å². The molecule has 2 aliphatic rings. The number of hydrogen-bond donors (Lipinski definition) is 0. The van der Waals surface area contributed by atoms with Crippen molar-refractivity contribution in [2.24, 2.45) is 0 Å². The Morgan fingerprint density at radius 2 is 1.85 bits per heavy atom. The summed E-state index contributed by atoms with van der Waals surface area (Å²) in [6, 6.07) is 4.77. The molecule has 0 saturated heterocycles. The number of fused-ring (bicyclic) bond motifs is 1. The summed E-state index contributed by atoms with van der Waals surface area (Å²) in [5.41, 5.74) is 14.3. The number of aryl methyl sites for hydroxylation is 1. The van der Waals surface area contributed by atoms with Gasteiger partial charge < -0.3 is 9.64 Å². The maximum absolute atomic E-state index is 5.89. The highest BCUT2D eigenvalue weighted by Gasteiger charge is 2.18. The standard InChI is InChI=1S/C36H47N3O/c1-9-40-36-35(25(2)3)24-37-39(36)28(6)14-10-12-26(4)32-15-11-13-27(5)33(32)19-18-30-16-17-31-20-22-38(8)23-21-34(31)29(30)7/h10,12,14-17,24H,2,4,9,11,13,18-23H2,1,3,5-8H3/b12-10-,28-14+. The van der Waals surface area contributed by atoms with Crippen LogP contribution < -0.4 is 4.74 Å². The minimum atomic E-state index is 0.580. The molecule has 0 saturated carbocycles. The van der Waals surface area contributed by atoms with E-state index in [1.807, 2.05) is 31.6 Å². The molecule has 0 unspecified atom stereocenters. The average Bonchev–Trinajstić information content (AvgIpc) is 3.25. The van der Waals surface area contributed by atoms with E-state index in [1.165, 1.54) is 27.8 Å². The SMILES string of the molecule is C=C(/C=C\C=C(/C)n1ncc(C(=C)C)c1OCC)C1=CCCC(C)=C1CCc1ccc2c(c1C)CCN(C)CC2. The Morgan fingerprint density at radius 1 is 1.07 bits per heavy atom. The second-order valence-electron chi connectivity index (χ2n) is 11.4. The molecule has 1 aromatic heterocycles. The number of nitrogens with zero attached hydrogens (tertiary/aromatic N) is 3. The predicted octanol–water partition coefficient (Wildman–Crippen LogP) is 8.30. The molecule has 212 valence electrons. The van der Waals surface area contributed by atoms with E-state index in [-0.39, 0.29) is 0 Å². The summed E-state index contributed by atoms with van der Waals surface area (Å²) in [5, 5.41) is 4.55. The lowest BCUT2D eigenvalue weighted by atomic mass is 9.83. The molecule has 4 nitrogen and oxygen atoms in total. The maximum atomic E-state index is 5.89. The van der Waals surface area contributed by atoms with Crippen molar-refractivity contribution in [3.8, 4) is 5.88 Å². The third kappa shape index (κ3) is 6.67. The first-order chi connectivity index (χ1) is 19.2. The third-order valence-corrected chi connectivity index (χ3v) is 8.45. The highest BCUT2D eigenvalue weighted by Crippen LogP contribution is 2.34. The van der Waals surface area contributed by atoms with Crippen LogP contribution in [0.25, 0.3) is 11.3 Å². The maximum Gasteiger partial charge on any atom is 0.224 e. The van der Waals surface area contributed by atoms with Gasteiger partial charge in [-0.2, -0.15) is 5.10 Å². The van der Waals surface area contributed by atoms with Crippen molar-refractivity contribution in [2.45, 2.75) is 73.1 Å². The van der Waals surface area contributed by atoms with Gasteiger partial charge in [0.15, 0.2) is 0 Å². The lowest BCUT2D eigenvalue weighted by molar-refractivity contribution is 0.316. The lowest BCUT2D eigenvalue weighted by Gasteiger charge is -2.22. The van der Waals surface area contributed by atoms with E-state index >= 15 is 0 Å². The largest absolute Gasteiger partial charge is 0.477 e. The van der Waals surface area contributed by atoms with Gasteiger partial charge in [-0.05, 0) is 131 Å². The second kappa shape index (κ2) is 13.3. The minimum absolute atomic E-state index is 0.580. The highest BCUT2D eigenvalue weighted by molar-refractivity contribution is 5.67. The molecule has 40 heavy (non-hydrogen) atoms. The lowest BCUT2D eigenvalue weighted by Crippen LogP contribution is -2.20. The summed E-state index contributed by atoms with van der Waals surface area (Å²) in [5.74, 6) is 0.743. The monoisotopic (exact) mass is 537 g/mol. The van der Waals surface area contributed by atoms with Crippen molar-refractivity contribution in [3.63, 3.8) is 0 Å². The Bertz CT molecular complexity index is 1400. The van der Waals surface area contributed by atoms with Crippen LogP contribution in [0, 0.1) is 6.92 Å². The molecular weight excluding hydrogens is 490 g/mol. The van der Waals surface area contributed by atoms with Gasteiger partial charge in [0.25, 0.3) is 0 Å². The van der Waals surface area contributed by atoms with Crippen LogP contribution in [0.3, 0.4) is 0 Å². The van der Waals surface area contributed by atoms with Crippen molar-refractivity contribution in [2.75, 3.05) is 26.7 Å². The molecule has 4 rings (SSSR count). The molecular formula is C36H47N3O. The fraction of sp³-hybridized carbons (Fsp3) is 0.417. The van der Waals surface area contributed by atoms with E-state index in [0.29, 0.717) is 6.61 Å². The zero-order chi connectivity index (χ0) is 28.8. The molecule has 0 bridgehead atoms. The molecule has 1 aliphatic carbocycles. The predicted molar refractivity (Wildman–Crippen MR) is 171 cm³/mol. The van der Waals surface area contributed by atoms with Crippen LogP contribution in [0.15, 0.2) is 78.1 Å². The fourth-order valence-electron chi connectivity index (χ4n) is 5.93. The van der Waals surface area contributed by atoms with Crippen LogP contribution in [-0.2, 0) is 19.3 Å². The Kier molecular flexibility index (Phi) is 9.86. The molecule has 2 aromatic rings. The minimum Gasteiger partial charge on any atom is -0.477 e. The Morgan fingerprint density at radius 3 is 2.60 bits per heavy atom. The number of hydrogen-bond acceptors (Lipinski definition) is 3. The summed E-state index contributed by atoms with van der Waals surface area (Å²) in [6.45, 7) is 22.1.